The van der Waals surface area contributed by atoms with Gasteiger partial charge in [-0.3, -0.25) is 19.8 Å². The highest BCUT2D eigenvalue weighted by molar-refractivity contribution is 6.02. The first kappa shape index (κ1) is 21.1. The van der Waals surface area contributed by atoms with E-state index in [-0.39, 0.29) is 5.91 Å². The maximum absolute atomic E-state index is 12.5. The lowest BCUT2D eigenvalue weighted by atomic mass is 10.0. The summed E-state index contributed by atoms with van der Waals surface area (Å²) in [5.41, 5.74) is 5.86. The van der Waals surface area contributed by atoms with Gasteiger partial charge in [0.25, 0.3) is 0 Å². The van der Waals surface area contributed by atoms with Crippen LogP contribution >= 0.6 is 0 Å². The molecule has 3 heterocycles. The van der Waals surface area contributed by atoms with Gasteiger partial charge < -0.3 is 10.1 Å². The number of anilines is 1. The maximum Gasteiger partial charge on any atom is 0.248 e. The zero-order chi connectivity index (χ0) is 22.5. The lowest BCUT2D eigenvalue weighted by molar-refractivity contribution is -0.111. The third kappa shape index (κ3) is 5.16. The highest BCUT2D eigenvalue weighted by atomic mass is 16.5. The van der Waals surface area contributed by atoms with E-state index in [0.717, 1.165) is 66.1 Å². The van der Waals surface area contributed by atoms with Crippen LogP contribution in [0.2, 0.25) is 0 Å². The van der Waals surface area contributed by atoms with Gasteiger partial charge >= 0.3 is 0 Å². The van der Waals surface area contributed by atoms with Gasteiger partial charge in [-0.2, -0.15) is 5.10 Å². The molecular weight excluding hydrogens is 414 g/mol. The van der Waals surface area contributed by atoms with Crippen LogP contribution in [0, 0.1) is 0 Å². The monoisotopic (exact) mass is 439 g/mol. The second-order valence-electron chi connectivity index (χ2n) is 8.04. The molecule has 0 unspecified atom stereocenters. The first-order chi connectivity index (χ1) is 16.2. The second-order valence-corrected chi connectivity index (χ2v) is 8.04. The van der Waals surface area contributed by atoms with E-state index in [0.29, 0.717) is 0 Å². The first-order valence-corrected chi connectivity index (χ1v) is 11.0. The number of hydrogen-bond acceptors (Lipinski definition) is 5. The maximum atomic E-state index is 12.5. The summed E-state index contributed by atoms with van der Waals surface area (Å²) in [6.45, 7) is 4.38. The molecule has 7 heteroatoms. The highest BCUT2D eigenvalue weighted by Gasteiger charge is 2.11. The van der Waals surface area contributed by atoms with Gasteiger partial charge in [0.15, 0.2) is 0 Å². The molecule has 1 aliphatic rings. The molecule has 1 saturated heterocycles. The number of nitrogens with one attached hydrogen (secondary N) is 2. The Morgan fingerprint density at radius 3 is 2.79 bits per heavy atom. The number of rotatable bonds is 6. The normalized spacial score (nSPS) is 14.7. The lowest BCUT2D eigenvalue weighted by Gasteiger charge is -2.26. The average molecular weight is 440 g/mol. The number of H-pyrrole nitrogens is 1. The smallest absolute Gasteiger partial charge is 0.248 e. The first-order valence-electron chi connectivity index (χ1n) is 11.0. The van der Waals surface area contributed by atoms with Gasteiger partial charge in [0.2, 0.25) is 5.91 Å². The van der Waals surface area contributed by atoms with Crippen molar-refractivity contribution in [2.45, 2.75) is 6.54 Å². The van der Waals surface area contributed by atoms with Crippen LogP contribution in [0.3, 0.4) is 0 Å². The van der Waals surface area contributed by atoms with E-state index < -0.39 is 0 Å². The Morgan fingerprint density at radius 2 is 1.94 bits per heavy atom. The number of aromatic amines is 1. The van der Waals surface area contributed by atoms with E-state index >= 15 is 0 Å². The predicted octanol–water partition coefficient (Wildman–Crippen LogP) is 4.11. The molecule has 33 heavy (non-hydrogen) atoms. The number of nitrogens with zero attached hydrogens (tertiary/aromatic N) is 3. The fourth-order valence-corrected chi connectivity index (χ4v) is 3.97. The number of ether oxygens (including phenoxy) is 1. The average Bonchev–Trinajstić information content (AvgIpc) is 3.33. The van der Waals surface area contributed by atoms with Crippen molar-refractivity contribution in [2.75, 3.05) is 31.6 Å². The Bertz CT molecular complexity index is 1270. The number of amides is 1. The third-order valence-electron chi connectivity index (χ3n) is 5.75. The van der Waals surface area contributed by atoms with E-state index in [1.807, 2.05) is 36.4 Å². The van der Waals surface area contributed by atoms with Crippen molar-refractivity contribution < 1.29 is 9.53 Å². The van der Waals surface area contributed by atoms with Crippen molar-refractivity contribution in [3.05, 3.63) is 84.3 Å². The number of hydrogen-bond donors (Lipinski definition) is 2. The lowest BCUT2D eigenvalue weighted by Crippen LogP contribution is -2.35. The molecule has 1 amide bonds. The van der Waals surface area contributed by atoms with E-state index in [2.05, 4.69) is 37.5 Å². The van der Waals surface area contributed by atoms with Crippen LogP contribution in [0.1, 0.15) is 11.1 Å². The SMILES string of the molecule is O=C(/C=C/c1cnccc1-c1ccc2cn[nH]c2c1)Nc1ccc(CN2CCOCC2)cc1. The molecule has 2 aromatic carbocycles. The minimum atomic E-state index is -0.185. The number of fused-ring (bicyclic) bond motifs is 1. The van der Waals surface area contributed by atoms with Gasteiger partial charge in [0, 0.05) is 54.7 Å². The highest BCUT2D eigenvalue weighted by Crippen LogP contribution is 2.26. The Morgan fingerprint density at radius 1 is 1.09 bits per heavy atom. The minimum Gasteiger partial charge on any atom is -0.379 e. The molecule has 7 nitrogen and oxygen atoms in total. The molecule has 0 atom stereocenters. The molecule has 0 aliphatic carbocycles. The van der Waals surface area contributed by atoms with Crippen LogP contribution in [0.5, 0.6) is 0 Å². The van der Waals surface area contributed by atoms with Crippen molar-refractivity contribution in [2.24, 2.45) is 0 Å². The standard InChI is InChI=1S/C26H25N5O2/c32-26(29-23-6-1-19(2-7-23)18-31-11-13-33-14-12-31)8-5-21-16-27-10-9-24(21)20-3-4-22-17-28-30-25(22)15-20/h1-10,15-17H,11-14,18H2,(H,28,30)(H,29,32)/b8-5+. The number of carbonyl (C=O) groups is 1. The van der Waals surface area contributed by atoms with Gasteiger partial charge in [-0.15, -0.1) is 0 Å². The molecule has 166 valence electrons. The van der Waals surface area contributed by atoms with E-state index in [4.69, 9.17) is 4.74 Å². The summed E-state index contributed by atoms with van der Waals surface area (Å²) in [6.07, 6.45) is 8.64. The van der Waals surface area contributed by atoms with Crippen LogP contribution in [-0.4, -0.2) is 52.3 Å². The van der Waals surface area contributed by atoms with E-state index in [1.54, 1.807) is 24.7 Å². The van der Waals surface area contributed by atoms with Gasteiger partial charge in [0.1, 0.15) is 0 Å². The number of carbonyl (C=O) groups excluding carboxylic acids is 1. The van der Waals surface area contributed by atoms with Gasteiger partial charge in [-0.1, -0.05) is 24.3 Å². The quantitative estimate of drug-likeness (QED) is 0.442. The van der Waals surface area contributed by atoms with Gasteiger partial charge in [-0.05, 0) is 47.0 Å². The molecule has 0 spiro atoms. The van der Waals surface area contributed by atoms with Crippen molar-refractivity contribution in [1.29, 1.82) is 0 Å². The van der Waals surface area contributed by atoms with Crippen molar-refractivity contribution in [1.82, 2.24) is 20.1 Å². The number of morpholine rings is 1. The largest absolute Gasteiger partial charge is 0.379 e. The van der Waals surface area contributed by atoms with Crippen LogP contribution < -0.4 is 5.32 Å². The molecular formula is C26H25N5O2. The molecule has 4 aromatic rings. The third-order valence-corrected chi connectivity index (χ3v) is 5.75. The number of pyridine rings is 1. The van der Waals surface area contributed by atoms with Gasteiger partial charge in [0.05, 0.1) is 24.9 Å². The zero-order valence-corrected chi connectivity index (χ0v) is 18.2. The van der Waals surface area contributed by atoms with Crippen LogP contribution in [-0.2, 0) is 16.1 Å². The summed E-state index contributed by atoms with van der Waals surface area (Å²) >= 11 is 0. The molecule has 5 rings (SSSR count). The summed E-state index contributed by atoms with van der Waals surface area (Å²) < 4.78 is 5.40. The molecule has 0 bridgehead atoms. The molecule has 1 aliphatic heterocycles. The zero-order valence-electron chi connectivity index (χ0n) is 18.2. The summed E-state index contributed by atoms with van der Waals surface area (Å²) in [7, 11) is 0. The summed E-state index contributed by atoms with van der Waals surface area (Å²) in [6, 6.07) is 16.1. The van der Waals surface area contributed by atoms with Crippen molar-refractivity contribution in [3.63, 3.8) is 0 Å². The van der Waals surface area contributed by atoms with Gasteiger partial charge in [-0.25, -0.2) is 0 Å². The fourth-order valence-electron chi connectivity index (χ4n) is 3.97. The Kier molecular flexibility index (Phi) is 6.23. The van der Waals surface area contributed by atoms with E-state index in [9.17, 15) is 4.79 Å². The molecule has 1 fully saturated rings. The molecule has 2 aromatic heterocycles. The van der Waals surface area contributed by atoms with Crippen LogP contribution in [0.25, 0.3) is 28.1 Å². The van der Waals surface area contributed by atoms with E-state index in [1.165, 1.54) is 11.6 Å². The Hall–Kier alpha value is -3.81. The van der Waals surface area contributed by atoms with Crippen LogP contribution in [0.15, 0.2) is 73.2 Å². The number of benzene rings is 2. The number of aromatic nitrogens is 3. The summed E-state index contributed by atoms with van der Waals surface area (Å²) in [5.74, 6) is -0.185. The Labute approximate surface area is 192 Å². The summed E-state index contributed by atoms with van der Waals surface area (Å²) in [4.78, 5) is 19.1. The topological polar surface area (TPSA) is 83.1 Å². The Balaban J connectivity index is 1.25. The van der Waals surface area contributed by atoms with Crippen LogP contribution in [0.4, 0.5) is 5.69 Å². The molecule has 2 N–H and O–H groups in total. The fraction of sp³-hybridized carbons (Fsp3) is 0.192. The predicted molar refractivity (Wildman–Crippen MR) is 130 cm³/mol. The second kappa shape index (κ2) is 9.77. The molecule has 0 radical (unpaired) electrons. The molecule has 0 saturated carbocycles. The minimum absolute atomic E-state index is 0.185. The van der Waals surface area contributed by atoms with Crippen molar-refractivity contribution >= 4 is 28.6 Å². The van der Waals surface area contributed by atoms with Crippen molar-refractivity contribution in [3.8, 4) is 11.1 Å². The summed E-state index contributed by atoms with van der Waals surface area (Å²) in [5, 5.41) is 11.1.